The van der Waals surface area contributed by atoms with E-state index in [0.717, 1.165) is 18.4 Å². The highest BCUT2D eigenvalue weighted by Gasteiger charge is 2.44. The van der Waals surface area contributed by atoms with Crippen molar-refractivity contribution in [2.75, 3.05) is 0 Å². The second-order valence-electron chi connectivity index (χ2n) is 3.93. The van der Waals surface area contributed by atoms with Gasteiger partial charge in [0.1, 0.15) is 5.75 Å². The fraction of sp³-hybridized carbons (Fsp3) is 0.364. The van der Waals surface area contributed by atoms with Crippen molar-refractivity contribution < 1.29 is 9.90 Å². The van der Waals surface area contributed by atoms with Crippen LogP contribution in [-0.2, 0) is 11.2 Å². The number of phenolic OH excluding ortho intramolecular Hbond substituents is 1. The Morgan fingerprint density at radius 1 is 1.50 bits per heavy atom. The molecule has 3 N–H and O–H groups in total. The summed E-state index contributed by atoms with van der Waals surface area (Å²) in [6.07, 6.45) is 1.92. The Labute approximate surface area is 82.5 Å². The number of hydrogen-bond acceptors (Lipinski definition) is 3. The molecule has 14 heavy (non-hydrogen) atoms. The van der Waals surface area contributed by atoms with E-state index in [1.54, 1.807) is 18.2 Å². The van der Waals surface area contributed by atoms with Crippen LogP contribution in [-0.4, -0.2) is 16.4 Å². The molecule has 0 aliphatic heterocycles. The first kappa shape index (κ1) is 9.21. The Bertz CT molecular complexity index is 369. The molecule has 2 rings (SSSR count). The first-order valence-electron chi connectivity index (χ1n) is 4.70. The van der Waals surface area contributed by atoms with Crippen LogP contribution < -0.4 is 5.73 Å². The fourth-order valence-electron chi connectivity index (χ4n) is 1.44. The molecule has 0 bridgehead atoms. The van der Waals surface area contributed by atoms with Crippen LogP contribution in [0, 0.1) is 0 Å². The molecule has 1 saturated carbocycles. The van der Waals surface area contributed by atoms with Crippen LogP contribution in [0.4, 0.5) is 0 Å². The maximum absolute atomic E-state index is 11.6. The van der Waals surface area contributed by atoms with Gasteiger partial charge in [0, 0.05) is 6.42 Å². The van der Waals surface area contributed by atoms with E-state index in [2.05, 4.69) is 0 Å². The van der Waals surface area contributed by atoms with E-state index in [0.29, 0.717) is 6.42 Å². The molecule has 0 heterocycles. The van der Waals surface area contributed by atoms with E-state index in [4.69, 9.17) is 5.73 Å². The van der Waals surface area contributed by atoms with Crippen LogP contribution in [0.5, 0.6) is 5.75 Å². The molecule has 3 heteroatoms. The number of nitrogens with two attached hydrogens (primary N) is 1. The summed E-state index contributed by atoms with van der Waals surface area (Å²) in [6, 6.07) is 6.74. The van der Waals surface area contributed by atoms with Gasteiger partial charge in [0.15, 0.2) is 5.78 Å². The largest absolute Gasteiger partial charge is 0.508 e. The monoisotopic (exact) mass is 191 g/mol. The number of hydrogen-bond donors (Lipinski definition) is 2. The van der Waals surface area contributed by atoms with Crippen LogP contribution in [0.25, 0.3) is 0 Å². The first-order valence-corrected chi connectivity index (χ1v) is 4.70. The van der Waals surface area contributed by atoms with Crippen molar-refractivity contribution in [3.05, 3.63) is 29.8 Å². The van der Waals surface area contributed by atoms with Crippen molar-refractivity contribution in [1.29, 1.82) is 0 Å². The van der Waals surface area contributed by atoms with E-state index in [9.17, 15) is 9.90 Å². The summed E-state index contributed by atoms with van der Waals surface area (Å²) in [5.41, 5.74) is 6.03. The number of carbonyl (C=O) groups is 1. The summed E-state index contributed by atoms with van der Waals surface area (Å²) >= 11 is 0. The summed E-state index contributed by atoms with van der Waals surface area (Å²) in [4.78, 5) is 11.6. The van der Waals surface area contributed by atoms with Gasteiger partial charge in [-0.05, 0) is 30.5 Å². The average molecular weight is 191 g/mol. The summed E-state index contributed by atoms with van der Waals surface area (Å²) in [7, 11) is 0. The van der Waals surface area contributed by atoms with Gasteiger partial charge in [0.2, 0.25) is 0 Å². The lowest BCUT2D eigenvalue weighted by Gasteiger charge is -2.07. The third kappa shape index (κ3) is 1.77. The van der Waals surface area contributed by atoms with Gasteiger partial charge in [-0.3, -0.25) is 4.79 Å². The third-order valence-corrected chi connectivity index (χ3v) is 2.62. The van der Waals surface area contributed by atoms with Gasteiger partial charge < -0.3 is 10.8 Å². The van der Waals surface area contributed by atoms with E-state index in [-0.39, 0.29) is 11.5 Å². The molecule has 0 aromatic heterocycles. The molecule has 0 atom stereocenters. The summed E-state index contributed by atoms with van der Waals surface area (Å²) in [6.45, 7) is 0. The first-order chi connectivity index (χ1) is 6.60. The van der Waals surface area contributed by atoms with Crippen LogP contribution >= 0.6 is 0 Å². The maximum atomic E-state index is 11.6. The van der Waals surface area contributed by atoms with Gasteiger partial charge in [-0.25, -0.2) is 0 Å². The molecule has 1 aliphatic carbocycles. The zero-order valence-electron chi connectivity index (χ0n) is 7.86. The highest BCUT2D eigenvalue weighted by atomic mass is 16.3. The van der Waals surface area contributed by atoms with Gasteiger partial charge >= 0.3 is 0 Å². The Morgan fingerprint density at radius 3 is 2.79 bits per heavy atom. The molecule has 0 amide bonds. The summed E-state index contributed by atoms with van der Waals surface area (Å²) < 4.78 is 0. The molecule has 1 fully saturated rings. The molecule has 1 aromatic carbocycles. The minimum atomic E-state index is -0.564. The van der Waals surface area contributed by atoms with Gasteiger partial charge in [-0.15, -0.1) is 0 Å². The molecule has 1 aromatic rings. The van der Waals surface area contributed by atoms with Gasteiger partial charge in [-0.1, -0.05) is 12.1 Å². The van der Waals surface area contributed by atoms with Crippen LogP contribution in [0.15, 0.2) is 24.3 Å². The zero-order valence-corrected chi connectivity index (χ0v) is 7.86. The lowest BCUT2D eigenvalue weighted by molar-refractivity contribution is -0.120. The van der Waals surface area contributed by atoms with Crippen molar-refractivity contribution in [3.63, 3.8) is 0 Å². The second kappa shape index (κ2) is 3.10. The third-order valence-electron chi connectivity index (χ3n) is 2.62. The van der Waals surface area contributed by atoms with Crippen molar-refractivity contribution in [3.8, 4) is 5.75 Å². The number of Topliss-reactive ketones (excluding diaryl/α,β-unsaturated/α-hetero) is 1. The lowest BCUT2D eigenvalue weighted by Crippen LogP contribution is -2.33. The van der Waals surface area contributed by atoms with E-state index in [1.165, 1.54) is 0 Å². The maximum Gasteiger partial charge on any atom is 0.156 e. The number of carbonyl (C=O) groups excluding carboxylic acids is 1. The topological polar surface area (TPSA) is 63.3 Å². The van der Waals surface area contributed by atoms with Gasteiger partial charge in [0.25, 0.3) is 0 Å². The molecule has 0 unspecified atom stereocenters. The summed E-state index contributed by atoms with van der Waals surface area (Å²) in [5, 5.41) is 9.20. The number of aromatic hydroxyl groups is 1. The number of ketones is 1. The second-order valence-corrected chi connectivity index (χ2v) is 3.93. The van der Waals surface area contributed by atoms with Gasteiger partial charge in [-0.2, -0.15) is 0 Å². The van der Waals surface area contributed by atoms with Crippen molar-refractivity contribution in [1.82, 2.24) is 0 Å². The number of benzene rings is 1. The van der Waals surface area contributed by atoms with Gasteiger partial charge in [0.05, 0.1) is 5.54 Å². The Morgan fingerprint density at radius 2 is 2.21 bits per heavy atom. The Kier molecular flexibility index (Phi) is 2.04. The molecule has 0 saturated heterocycles. The average Bonchev–Trinajstić information content (AvgIpc) is 2.85. The molecule has 3 nitrogen and oxygen atoms in total. The predicted molar refractivity (Wildman–Crippen MR) is 53.0 cm³/mol. The molecular weight excluding hydrogens is 178 g/mol. The smallest absolute Gasteiger partial charge is 0.156 e. The normalized spacial score (nSPS) is 17.8. The highest BCUT2D eigenvalue weighted by Crippen LogP contribution is 2.34. The van der Waals surface area contributed by atoms with Crippen molar-refractivity contribution in [2.24, 2.45) is 5.73 Å². The standard InChI is InChI=1S/C11H13NO2/c12-11(4-5-11)10(14)7-8-2-1-3-9(13)6-8/h1-3,6,13H,4-5,7,12H2. The predicted octanol–water partition coefficient (Wildman–Crippen LogP) is 0.995. The zero-order chi connectivity index (χ0) is 10.2. The molecule has 74 valence electrons. The Hall–Kier alpha value is -1.35. The molecule has 0 radical (unpaired) electrons. The van der Waals surface area contributed by atoms with Crippen molar-refractivity contribution >= 4 is 5.78 Å². The number of rotatable bonds is 3. The van der Waals surface area contributed by atoms with Crippen LogP contribution in [0.3, 0.4) is 0 Å². The fourth-order valence-corrected chi connectivity index (χ4v) is 1.44. The SMILES string of the molecule is NC1(C(=O)Cc2cccc(O)c2)CC1. The minimum absolute atomic E-state index is 0.0723. The Balaban J connectivity index is 2.07. The van der Waals surface area contributed by atoms with Crippen LogP contribution in [0.2, 0.25) is 0 Å². The molecule has 0 spiro atoms. The summed E-state index contributed by atoms with van der Waals surface area (Å²) in [5.74, 6) is 0.264. The lowest BCUT2D eigenvalue weighted by atomic mass is 10.0. The van der Waals surface area contributed by atoms with E-state index < -0.39 is 5.54 Å². The molecule has 1 aliphatic rings. The quantitative estimate of drug-likeness (QED) is 0.749. The number of phenols is 1. The van der Waals surface area contributed by atoms with Crippen molar-refractivity contribution in [2.45, 2.75) is 24.8 Å². The highest BCUT2D eigenvalue weighted by molar-refractivity contribution is 5.92. The molecular formula is C11H13NO2. The van der Waals surface area contributed by atoms with E-state index in [1.807, 2.05) is 6.07 Å². The van der Waals surface area contributed by atoms with E-state index >= 15 is 0 Å². The van der Waals surface area contributed by atoms with Crippen LogP contribution in [0.1, 0.15) is 18.4 Å². The minimum Gasteiger partial charge on any atom is -0.508 e.